The smallest absolute Gasteiger partial charge is 0.341 e. The molecule has 2 aliphatic carbocycles. The molecule has 2 bridgehead atoms. The van der Waals surface area contributed by atoms with E-state index < -0.39 is 70.1 Å². The van der Waals surface area contributed by atoms with Crippen LogP contribution in [0.4, 0.5) is 0 Å². The Balaban J connectivity index is 2.45. The minimum Gasteiger partial charge on any atom is -0.506 e. The lowest BCUT2D eigenvalue weighted by atomic mass is 9.37. The van der Waals surface area contributed by atoms with Crippen LogP contribution in [-0.2, 0) is 24.0 Å². The number of ether oxygens (including phenoxy) is 2. The van der Waals surface area contributed by atoms with Crippen molar-refractivity contribution >= 4 is 35.0 Å². The molecule has 10 nitrogen and oxygen atoms in total. The summed E-state index contributed by atoms with van der Waals surface area (Å²) in [4.78, 5) is 69.1. The number of Topliss-reactive ketones (excluding diaryl/α,β-unsaturated/α-hetero) is 3. The fourth-order valence-electron chi connectivity index (χ4n) is 8.27. The molecule has 4 atom stereocenters. The van der Waals surface area contributed by atoms with Gasteiger partial charge in [-0.05, 0) is 143 Å². The maximum Gasteiger partial charge on any atom is 0.341 e. The van der Waals surface area contributed by atoms with Crippen LogP contribution in [0.15, 0.2) is 82.0 Å². The van der Waals surface area contributed by atoms with Crippen molar-refractivity contribution in [2.75, 3.05) is 13.2 Å². The molecule has 310 valence electrons. The number of aliphatic hydroxyl groups is 1. The molecular formula is C47H62O10. The van der Waals surface area contributed by atoms with Crippen LogP contribution in [-0.4, -0.2) is 57.8 Å². The Labute approximate surface area is 338 Å². The highest BCUT2D eigenvalue weighted by Crippen LogP contribution is 2.67. The van der Waals surface area contributed by atoms with Gasteiger partial charge in [0.15, 0.2) is 42.1 Å². The zero-order chi connectivity index (χ0) is 42.9. The fraction of sp³-hybridized carbons (Fsp3) is 0.511. The average Bonchev–Trinajstić information content (AvgIpc) is 3.11. The Morgan fingerprint density at radius 1 is 0.719 bits per heavy atom. The predicted octanol–water partition coefficient (Wildman–Crippen LogP) is 10.1. The molecule has 1 aromatic carbocycles. The lowest BCUT2D eigenvalue weighted by molar-refractivity contribution is -0.178. The SMILES string of the molecule is CC(C)=CCC/C(C)=C/C[C@@H]1C[C@@]2(CC=C(C)C)C(=O)/C(=C(/O)c3ccc(OCC(=O)O)c(OCC(=O)O)c3)C(=O)[C@](CC=C(C)C)(C2=O)[C@@]1(C)CCC=C(C)C. The van der Waals surface area contributed by atoms with E-state index in [9.17, 15) is 24.9 Å². The number of aliphatic carboxylic acids is 2. The minimum atomic E-state index is -1.73. The van der Waals surface area contributed by atoms with Crippen LogP contribution in [0.3, 0.4) is 0 Å². The summed E-state index contributed by atoms with van der Waals surface area (Å²) < 4.78 is 10.7. The quantitative estimate of drug-likeness (QED) is 0.0404. The van der Waals surface area contributed by atoms with Gasteiger partial charge in [0.1, 0.15) is 16.7 Å². The van der Waals surface area contributed by atoms with E-state index in [-0.39, 0.29) is 42.2 Å². The largest absolute Gasteiger partial charge is 0.506 e. The van der Waals surface area contributed by atoms with Gasteiger partial charge in [-0.15, -0.1) is 0 Å². The van der Waals surface area contributed by atoms with Crippen molar-refractivity contribution in [1.82, 2.24) is 0 Å². The molecule has 0 amide bonds. The number of ketones is 3. The van der Waals surface area contributed by atoms with Gasteiger partial charge in [-0.3, -0.25) is 14.4 Å². The fourth-order valence-corrected chi connectivity index (χ4v) is 8.27. The number of hydrogen-bond acceptors (Lipinski definition) is 8. The topological polar surface area (TPSA) is 164 Å². The molecule has 3 N–H and O–H groups in total. The maximum absolute atomic E-state index is 15.6. The van der Waals surface area contributed by atoms with Gasteiger partial charge in [-0.25, -0.2) is 9.59 Å². The second-order valence-corrected chi connectivity index (χ2v) is 16.9. The van der Waals surface area contributed by atoms with Crippen LogP contribution in [0.5, 0.6) is 11.5 Å². The van der Waals surface area contributed by atoms with Crippen molar-refractivity contribution in [3.63, 3.8) is 0 Å². The molecule has 3 rings (SSSR count). The molecule has 2 fully saturated rings. The van der Waals surface area contributed by atoms with E-state index >= 15 is 14.4 Å². The van der Waals surface area contributed by atoms with E-state index in [1.807, 2.05) is 60.6 Å². The minimum absolute atomic E-state index is 0.0354. The van der Waals surface area contributed by atoms with Crippen molar-refractivity contribution in [3.8, 4) is 11.5 Å². The van der Waals surface area contributed by atoms with E-state index in [4.69, 9.17) is 9.47 Å². The first-order valence-corrected chi connectivity index (χ1v) is 19.7. The second-order valence-electron chi connectivity index (χ2n) is 16.9. The molecule has 0 aliphatic heterocycles. The van der Waals surface area contributed by atoms with E-state index in [0.29, 0.717) is 19.3 Å². The third-order valence-corrected chi connectivity index (χ3v) is 11.5. The summed E-state index contributed by atoms with van der Waals surface area (Å²) in [5, 5.41) is 30.7. The van der Waals surface area contributed by atoms with Crippen LogP contribution < -0.4 is 9.47 Å². The molecular weight excluding hydrogens is 725 g/mol. The number of carboxylic acid groups (broad SMARTS) is 2. The van der Waals surface area contributed by atoms with Gasteiger partial charge in [-0.1, -0.05) is 65.2 Å². The number of rotatable bonds is 19. The highest BCUT2D eigenvalue weighted by molar-refractivity contribution is 6.41. The Morgan fingerprint density at radius 3 is 1.82 bits per heavy atom. The number of benzene rings is 1. The molecule has 0 radical (unpaired) electrons. The maximum atomic E-state index is 15.6. The second kappa shape index (κ2) is 19.4. The molecule has 0 spiro atoms. The van der Waals surface area contributed by atoms with Gasteiger partial charge in [0, 0.05) is 5.56 Å². The first-order valence-electron chi connectivity index (χ1n) is 19.7. The Bertz CT molecular complexity index is 1920. The van der Waals surface area contributed by atoms with Gasteiger partial charge < -0.3 is 24.8 Å². The predicted molar refractivity (Wildman–Crippen MR) is 222 cm³/mol. The standard InChI is InChI=1S/C47H62O10/c1-29(2)13-11-15-33(9)16-18-35-26-46(23-20-31(5)6)42(53)40(41(52)34-17-19-36(56-27-38(48)49)37(25-34)57-28-39(50)51)43(54)47(44(46)55,24-21-32(7)8)45(35,10)22-12-14-30(3)4/h13-14,16-17,19-21,25,35,52H,11-12,15,18,22-24,26-28H2,1-10H3,(H,48,49)(H,50,51)/b33-16+,41-40-/t35-,45+,46+,47-/m1/s1. The highest BCUT2D eigenvalue weighted by atomic mass is 16.5. The van der Waals surface area contributed by atoms with Crippen molar-refractivity contribution in [2.24, 2.45) is 22.2 Å². The number of hydrogen-bond donors (Lipinski definition) is 3. The summed E-state index contributed by atoms with van der Waals surface area (Å²) in [6.45, 7) is 18.2. The molecule has 2 aliphatic rings. The van der Waals surface area contributed by atoms with Crippen molar-refractivity contribution < 1.29 is 48.8 Å². The Kier molecular flexibility index (Phi) is 15.8. The Hall–Kier alpha value is -4.99. The van der Waals surface area contributed by atoms with Crippen molar-refractivity contribution in [2.45, 2.75) is 121 Å². The summed E-state index contributed by atoms with van der Waals surface area (Å²) in [6, 6.07) is 3.82. The number of carboxylic acids is 2. The van der Waals surface area contributed by atoms with Crippen LogP contribution >= 0.6 is 0 Å². The van der Waals surface area contributed by atoms with Gasteiger partial charge in [0.2, 0.25) is 0 Å². The number of fused-ring (bicyclic) bond motifs is 2. The summed E-state index contributed by atoms with van der Waals surface area (Å²) in [5.74, 6) is -5.78. The normalized spacial score (nSPS) is 23.9. The van der Waals surface area contributed by atoms with Crippen LogP contribution in [0, 0.1) is 22.2 Å². The van der Waals surface area contributed by atoms with E-state index in [0.717, 1.165) is 29.6 Å². The summed E-state index contributed by atoms with van der Waals surface area (Å²) in [6.07, 6.45) is 13.9. The highest BCUT2D eigenvalue weighted by Gasteiger charge is 2.74. The van der Waals surface area contributed by atoms with Crippen molar-refractivity contribution in [1.29, 1.82) is 0 Å². The van der Waals surface area contributed by atoms with Crippen molar-refractivity contribution in [3.05, 3.63) is 87.6 Å². The Morgan fingerprint density at radius 2 is 1.26 bits per heavy atom. The van der Waals surface area contributed by atoms with E-state index in [1.165, 1.54) is 29.3 Å². The van der Waals surface area contributed by atoms with Crippen LogP contribution in [0.2, 0.25) is 0 Å². The first-order chi connectivity index (χ1) is 26.6. The number of allylic oxidation sites excluding steroid dienone is 11. The molecule has 2 saturated carbocycles. The van der Waals surface area contributed by atoms with Gasteiger partial charge >= 0.3 is 11.9 Å². The summed E-state index contributed by atoms with van der Waals surface area (Å²) >= 11 is 0. The monoisotopic (exact) mass is 786 g/mol. The zero-order valence-corrected chi connectivity index (χ0v) is 35.5. The van der Waals surface area contributed by atoms with Gasteiger partial charge in [0.05, 0.1) is 5.41 Å². The molecule has 0 saturated heterocycles. The number of carbonyl (C=O) groups excluding carboxylic acids is 3. The average molecular weight is 787 g/mol. The first kappa shape index (κ1) is 46.4. The molecule has 1 aromatic rings. The van der Waals surface area contributed by atoms with Crippen LogP contribution in [0.25, 0.3) is 5.76 Å². The lowest BCUT2D eigenvalue weighted by Crippen LogP contribution is -2.70. The third kappa shape index (κ3) is 10.5. The molecule has 0 heterocycles. The molecule has 57 heavy (non-hydrogen) atoms. The molecule has 0 aromatic heterocycles. The number of aliphatic hydroxyl groups excluding tert-OH is 1. The van der Waals surface area contributed by atoms with Crippen LogP contribution in [0.1, 0.15) is 126 Å². The molecule has 0 unspecified atom stereocenters. The van der Waals surface area contributed by atoms with E-state index in [1.54, 1.807) is 0 Å². The lowest BCUT2D eigenvalue weighted by Gasteiger charge is -2.61. The summed E-state index contributed by atoms with van der Waals surface area (Å²) in [5.41, 5.74) is 0.423. The zero-order valence-electron chi connectivity index (χ0n) is 35.5. The van der Waals surface area contributed by atoms with Gasteiger partial charge in [-0.2, -0.15) is 0 Å². The molecule has 10 heteroatoms. The van der Waals surface area contributed by atoms with Gasteiger partial charge in [0.25, 0.3) is 0 Å². The third-order valence-electron chi connectivity index (χ3n) is 11.5. The van der Waals surface area contributed by atoms with E-state index in [2.05, 4.69) is 39.0 Å². The number of carbonyl (C=O) groups is 5. The summed E-state index contributed by atoms with van der Waals surface area (Å²) in [7, 11) is 0.